The van der Waals surface area contributed by atoms with Crippen LogP contribution in [0.4, 0.5) is 0 Å². The van der Waals surface area contributed by atoms with Crippen LogP contribution in [0.1, 0.15) is 20.8 Å². The van der Waals surface area contributed by atoms with Crippen LogP contribution in [-0.2, 0) is 8.92 Å². The molecule has 0 aromatic rings. The normalized spacial score (nSPS) is 16.4. The highest BCUT2D eigenvalue weighted by molar-refractivity contribution is 8.01. The van der Waals surface area contributed by atoms with Crippen molar-refractivity contribution in [3.8, 4) is 0 Å². The third-order valence-corrected chi connectivity index (χ3v) is 2.95. The van der Waals surface area contributed by atoms with Crippen molar-refractivity contribution in [2.24, 2.45) is 0 Å². The van der Waals surface area contributed by atoms with Gasteiger partial charge in [0.05, 0.1) is 0 Å². The fourth-order valence-electron chi connectivity index (χ4n) is 0.545. The standard InChI is InChI=1S/C7H16O2S2/c1-5-10-7(3,8-4)9-11-6-2/h5-6H2,1-4H3. The average molecular weight is 196 g/mol. The van der Waals surface area contributed by atoms with Gasteiger partial charge >= 0.3 is 0 Å². The van der Waals surface area contributed by atoms with Crippen molar-refractivity contribution in [1.82, 2.24) is 0 Å². The Morgan fingerprint density at radius 3 is 2.27 bits per heavy atom. The molecule has 0 bridgehead atoms. The summed E-state index contributed by atoms with van der Waals surface area (Å²) in [5, 5.41) is -0.477. The van der Waals surface area contributed by atoms with Gasteiger partial charge in [-0.3, -0.25) is 4.18 Å². The van der Waals surface area contributed by atoms with Crippen LogP contribution in [0.25, 0.3) is 0 Å². The van der Waals surface area contributed by atoms with Crippen molar-refractivity contribution in [3.05, 3.63) is 0 Å². The summed E-state index contributed by atoms with van der Waals surface area (Å²) < 4.78 is 10.6. The predicted molar refractivity (Wildman–Crippen MR) is 52.8 cm³/mol. The van der Waals surface area contributed by atoms with E-state index in [4.69, 9.17) is 8.92 Å². The van der Waals surface area contributed by atoms with E-state index in [0.29, 0.717) is 0 Å². The summed E-state index contributed by atoms with van der Waals surface area (Å²) in [6.45, 7) is 6.07. The van der Waals surface area contributed by atoms with Crippen LogP contribution < -0.4 is 0 Å². The molecule has 1 atom stereocenters. The number of hydrogen-bond acceptors (Lipinski definition) is 4. The number of hydrogen-bond donors (Lipinski definition) is 0. The zero-order valence-corrected chi connectivity index (χ0v) is 9.18. The second kappa shape index (κ2) is 6.17. The average Bonchev–Trinajstić information content (AvgIpc) is 2.02. The number of thioether (sulfide) groups is 1. The first-order valence-electron chi connectivity index (χ1n) is 3.68. The van der Waals surface area contributed by atoms with Crippen molar-refractivity contribution >= 4 is 23.8 Å². The van der Waals surface area contributed by atoms with Gasteiger partial charge in [-0.2, -0.15) is 0 Å². The van der Waals surface area contributed by atoms with Crippen molar-refractivity contribution in [2.45, 2.75) is 25.9 Å². The fourth-order valence-corrected chi connectivity index (χ4v) is 1.92. The zero-order valence-electron chi connectivity index (χ0n) is 7.55. The molecule has 0 aromatic carbocycles. The first kappa shape index (κ1) is 11.6. The van der Waals surface area contributed by atoms with Gasteiger partial charge in [0.1, 0.15) is 0 Å². The van der Waals surface area contributed by atoms with E-state index in [1.807, 2.05) is 6.92 Å². The molecule has 68 valence electrons. The summed E-state index contributed by atoms with van der Waals surface area (Å²) in [6, 6.07) is 0. The SMILES string of the molecule is CCSOC(C)(OC)SCC. The van der Waals surface area contributed by atoms with Crippen molar-refractivity contribution in [3.63, 3.8) is 0 Å². The first-order valence-corrected chi connectivity index (χ1v) is 5.58. The molecule has 0 aliphatic carbocycles. The van der Waals surface area contributed by atoms with Crippen LogP contribution in [0, 0.1) is 0 Å². The van der Waals surface area contributed by atoms with Crippen molar-refractivity contribution in [2.75, 3.05) is 18.6 Å². The second-order valence-corrected chi connectivity index (χ2v) is 4.58. The highest BCUT2D eigenvalue weighted by Crippen LogP contribution is 2.30. The number of methoxy groups -OCH3 is 1. The molecular formula is C7H16O2S2. The van der Waals surface area contributed by atoms with Gasteiger partial charge in [-0.25, -0.2) is 0 Å². The summed E-state index contributed by atoms with van der Waals surface area (Å²) in [5.41, 5.74) is 0. The van der Waals surface area contributed by atoms with Crippen LogP contribution in [0.15, 0.2) is 0 Å². The summed E-state index contributed by atoms with van der Waals surface area (Å²) in [7, 11) is 1.67. The van der Waals surface area contributed by atoms with Gasteiger partial charge in [-0.05, 0) is 17.8 Å². The molecule has 0 spiro atoms. The number of rotatable bonds is 6. The molecule has 0 N–H and O–H groups in total. The summed E-state index contributed by atoms with van der Waals surface area (Å²) in [4.78, 5) is 0. The monoisotopic (exact) mass is 196 g/mol. The van der Waals surface area contributed by atoms with Gasteiger partial charge in [0.25, 0.3) is 0 Å². The van der Waals surface area contributed by atoms with Crippen molar-refractivity contribution < 1.29 is 8.92 Å². The zero-order chi connectivity index (χ0) is 8.74. The van der Waals surface area contributed by atoms with Gasteiger partial charge in [-0.15, -0.1) is 0 Å². The minimum absolute atomic E-state index is 0.477. The van der Waals surface area contributed by atoms with E-state index in [1.54, 1.807) is 18.9 Å². The lowest BCUT2D eigenvalue weighted by Crippen LogP contribution is -2.24. The minimum atomic E-state index is -0.477. The van der Waals surface area contributed by atoms with E-state index >= 15 is 0 Å². The van der Waals surface area contributed by atoms with Crippen molar-refractivity contribution in [1.29, 1.82) is 0 Å². The maximum atomic E-state index is 5.43. The Bertz CT molecular complexity index is 100. The molecule has 4 heteroatoms. The van der Waals surface area contributed by atoms with Gasteiger partial charge in [0, 0.05) is 19.8 Å². The van der Waals surface area contributed by atoms with Crippen LogP contribution in [0.5, 0.6) is 0 Å². The van der Waals surface area contributed by atoms with E-state index in [1.165, 1.54) is 12.0 Å². The molecule has 1 unspecified atom stereocenters. The lowest BCUT2D eigenvalue weighted by molar-refractivity contribution is -0.0582. The summed E-state index contributed by atoms with van der Waals surface area (Å²) in [5.74, 6) is 1.94. The second-order valence-electron chi connectivity index (χ2n) is 1.99. The van der Waals surface area contributed by atoms with E-state index in [2.05, 4.69) is 13.8 Å². The Balaban J connectivity index is 3.68. The lowest BCUT2D eigenvalue weighted by atomic mass is 10.7. The van der Waals surface area contributed by atoms with Gasteiger partial charge < -0.3 is 4.74 Å². The van der Waals surface area contributed by atoms with Gasteiger partial charge in [0.15, 0.2) is 0 Å². The topological polar surface area (TPSA) is 18.5 Å². The maximum absolute atomic E-state index is 5.43. The molecule has 0 saturated carbocycles. The molecule has 0 amide bonds. The predicted octanol–water partition coefficient (Wildman–Crippen LogP) is 2.74. The fraction of sp³-hybridized carbons (Fsp3) is 1.00. The molecule has 0 aliphatic rings. The molecule has 0 aromatic heterocycles. The molecule has 0 fully saturated rings. The molecule has 0 saturated heterocycles. The maximum Gasteiger partial charge on any atom is 0.227 e. The largest absolute Gasteiger partial charge is 0.344 e. The van der Waals surface area contributed by atoms with Gasteiger partial charge in [0.2, 0.25) is 5.12 Å². The summed E-state index contributed by atoms with van der Waals surface area (Å²) in [6.07, 6.45) is 0. The summed E-state index contributed by atoms with van der Waals surface area (Å²) >= 11 is 3.09. The van der Waals surface area contributed by atoms with E-state index in [0.717, 1.165) is 11.5 Å². The Labute approximate surface area is 77.6 Å². The number of ether oxygens (including phenoxy) is 1. The molecule has 0 radical (unpaired) electrons. The minimum Gasteiger partial charge on any atom is -0.344 e. The highest BCUT2D eigenvalue weighted by atomic mass is 32.2. The molecule has 2 nitrogen and oxygen atoms in total. The Morgan fingerprint density at radius 1 is 1.27 bits per heavy atom. The third kappa shape index (κ3) is 4.95. The quantitative estimate of drug-likeness (QED) is 0.480. The van der Waals surface area contributed by atoms with E-state index in [9.17, 15) is 0 Å². The Morgan fingerprint density at radius 2 is 1.91 bits per heavy atom. The Hall–Kier alpha value is 0.620. The van der Waals surface area contributed by atoms with Gasteiger partial charge in [-0.1, -0.05) is 25.6 Å². The molecule has 0 rings (SSSR count). The smallest absolute Gasteiger partial charge is 0.227 e. The van der Waals surface area contributed by atoms with Crippen LogP contribution in [-0.4, -0.2) is 23.7 Å². The third-order valence-electron chi connectivity index (χ3n) is 1.11. The molecular weight excluding hydrogens is 180 g/mol. The lowest BCUT2D eigenvalue weighted by Gasteiger charge is -2.25. The molecule has 11 heavy (non-hydrogen) atoms. The highest BCUT2D eigenvalue weighted by Gasteiger charge is 2.24. The van der Waals surface area contributed by atoms with E-state index in [-0.39, 0.29) is 0 Å². The first-order chi connectivity index (χ1) is 5.18. The van der Waals surface area contributed by atoms with Crippen LogP contribution >= 0.6 is 23.8 Å². The van der Waals surface area contributed by atoms with E-state index < -0.39 is 5.12 Å². The molecule has 0 aliphatic heterocycles. The Kier molecular flexibility index (Phi) is 6.52. The molecule has 0 heterocycles. The van der Waals surface area contributed by atoms with Crippen LogP contribution in [0.3, 0.4) is 0 Å². The van der Waals surface area contributed by atoms with Crippen LogP contribution in [0.2, 0.25) is 0 Å².